The summed E-state index contributed by atoms with van der Waals surface area (Å²) in [4.78, 5) is 11.8. The maximum absolute atomic E-state index is 11.8. The molecule has 2 rings (SSSR count). The van der Waals surface area contributed by atoms with E-state index >= 15 is 0 Å². The highest BCUT2D eigenvalue weighted by Crippen LogP contribution is 2.19. The Morgan fingerprint density at radius 1 is 1.42 bits per heavy atom. The summed E-state index contributed by atoms with van der Waals surface area (Å²) in [7, 11) is 0. The van der Waals surface area contributed by atoms with Gasteiger partial charge in [-0.1, -0.05) is 6.07 Å². The zero-order chi connectivity index (χ0) is 13.7. The number of nitrogens with one attached hydrogen (secondary N) is 1. The van der Waals surface area contributed by atoms with Crippen LogP contribution in [0.3, 0.4) is 0 Å². The fourth-order valence-electron chi connectivity index (χ4n) is 1.60. The first-order valence-corrected chi connectivity index (χ1v) is 7.07. The average molecular weight is 276 g/mol. The van der Waals surface area contributed by atoms with Gasteiger partial charge in [0.15, 0.2) is 0 Å². The van der Waals surface area contributed by atoms with E-state index in [-0.39, 0.29) is 5.91 Å². The Kier molecular flexibility index (Phi) is 4.52. The lowest BCUT2D eigenvalue weighted by molar-refractivity contribution is -0.113. The number of benzene rings is 1. The quantitative estimate of drug-likeness (QED) is 0.824. The van der Waals surface area contributed by atoms with Crippen molar-refractivity contribution in [1.82, 2.24) is 0 Å². The predicted molar refractivity (Wildman–Crippen MR) is 79.1 cm³/mol. The summed E-state index contributed by atoms with van der Waals surface area (Å²) in [6, 6.07) is 9.21. The van der Waals surface area contributed by atoms with Crippen molar-refractivity contribution in [1.29, 1.82) is 0 Å². The van der Waals surface area contributed by atoms with E-state index in [4.69, 9.17) is 10.2 Å². The van der Waals surface area contributed by atoms with E-state index in [0.29, 0.717) is 17.2 Å². The average Bonchev–Trinajstić information content (AvgIpc) is 2.87. The minimum absolute atomic E-state index is 0.0368. The third-order valence-electron chi connectivity index (χ3n) is 2.59. The SMILES string of the molecule is Cc1ccc(N)cc1NC(=O)CSCc1ccco1. The summed E-state index contributed by atoms with van der Waals surface area (Å²) in [6.45, 7) is 1.94. The van der Waals surface area contributed by atoms with Crippen LogP contribution in [0.4, 0.5) is 11.4 Å². The number of hydrogen-bond acceptors (Lipinski definition) is 4. The van der Waals surface area contributed by atoms with Crippen molar-refractivity contribution >= 4 is 29.0 Å². The Balaban J connectivity index is 1.82. The van der Waals surface area contributed by atoms with E-state index in [0.717, 1.165) is 17.0 Å². The zero-order valence-corrected chi connectivity index (χ0v) is 11.5. The van der Waals surface area contributed by atoms with Crippen molar-refractivity contribution in [3.05, 3.63) is 47.9 Å². The summed E-state index contributed by atoms with van der Waals surface area (Å²) in [5.74, 6) is 1.91. The van der Waals surface area contributed by atoms with Gasteiger partial charge in [-0.15, -0.1) is 11.8 Å². The molecular weight excluding hydrogens is 260 g/mol. The Hall–Kier alpha value is -1.88. The van der Waals surface area contributed by atoms with Gasteiger partial charge < -0.3 is 15.5 Å². The van der Waals surface area contributed by atoms with Crippen LogP contribution in [0.25, 0.3) is 0 Å². The molecular formula is C14H16N2O2S. The molecule has 1 heterocycles. The molecule has 0 atom stereocenters. The largest absolute Gasteiger partial charge is 0.468 e. The second kappa shape index (κ2) is 6.33. The number of rotatable bonds is 5. The molecule has 1 aromatic heterocycles. The number of carbonyl (C=O) groups excluding carboxylic acids is 1. The minimum atomic E-state index is -0.0368. The van der Waals surface area contributed by atoms with Gasteiger partial charge in [0.05, 0.1) is 17.8 Å². The first-order chi connectivity index (χ1) is 9.15. The Labute approximate surface area is 116 Å². The van der Waals surface area contributed by atoms with Crippen molar-refractivity contribution in [3.8, 4) is 0 Å². The molecule has 3 N–H and O–H groups in total. The van der Waals surface area contributed by atoms with Crippen molar-refractivity contribution in [2.75, 3.05) is 16.8 Å². The first-order valence-electron chi connectivity index (χ1n) is 5.91. The molecule has 0 aliphatic rings. The number of carbonyl (C=O) groups is 1. The predicted octanol–water partition coefficient (Wildman–Crippen LogP) is 3.04. The van der Waals surface area contributed by atoms with Crippen LogP contribution < -0.4 is 11.1 Å². The van der Waals surface area contributed by atoms with Crippen LogP contribution in [0.1, 0.15) is 11.3 Å². The summed E-state index contributed by atoms with van der Waals surface area (Å²) >= 11 is 1.51. The lowest BCUT2D eigenvalue weighted by atomic mass is 10.2. The highest BCUT2D eigenvalue weighted by atomic mass is 32.2. The number of amides is 1. The lowest BCUT2D eigenvalue weighted by Gasteiger charge is -2.08. The fourth-order valence-corrected chi connectivity index (χ4v) is 2.32. The Morgan fingerprint density at radius 2 is 2.26 bits per heavy atom. The van der Waals surface area contributed by atoms with Crippen LogP contribution in [0, 0.1) is 6.92 Å². The van der Waals surface area contributed by atoms with E-state index in [1.807, 2.05) is 31.2 Å². The molecule has 0 saturated heterocycles. The molecule has 5 heteroatoms. The number of nitrogen functional groups attached to an aromatic ring is 1. The fraction of sp³-hybridized carbons (Fsp3) is 0.214. The summed E-state index contributed by atoms with van der Waals surface area (Å²) in [6.07, 6.45) is 1.63. The molecule has 0 saturated carbocycles. The normalized spacial score (nSPS) is 10.4. The molecule has 0 aliphatic carbocycles. The molecule has 0 bridgehead atoms. The van der Waals surface area contributed by atoms with Crippen LogP contribution in [-0.2, 0) is 10.5 Å². The van der Waals surface area contributed by atoms with Gasteiger partial charge in [0.2, 0.25) is 5.91 Å². The van der Waals surface area contributed by atoms with Crippen LogP contribution in [0.15, 0.2) is 41.0 Å². The van der Waals surface area contributed by atoms with Gasteiger partial charge in [-0.3, -0.25) is 4.79 Å². The molecule has 0 aliphatic heterocycles. The molecule has 1 aromatic carbocycles. The third kappa shape index (κ3) is 4.06. The number of nitrogens with two attached hydrogens (primary N) is 1. The molecule has 100 valence electrons. The van der Waals surface area contributed by atoms with E-state index in [1.54, 1.807) is 12.3 Å². The van der Waals surface area contributed by atoms with Gasteiger partial charge in [-0.2, -0.15) is 0 Å². The molecule has 1 amide bonds. The van der Waals surface area contributed by atoms with E-state index < -0.39 is 0 Å². The molecule has 19 heavy (non-hydrogen) atoms. The monoisotopic (exact) mass is 276 g/mol. The topological polar surface area (TPSA) is 68.3 Å². The number of hydrogen-bond donors (Lipinski definition) is 2. The first kappa shape index (κ1) is 13.5. The maximum atomic E-state index is 11.8. The van der Waals surface area contributed by atoms with Crippen LogP contribution in [-0.4, -0.2) is 11.7 Å². The molecule has 0 spiro atoms. The second-order valence-corrected chi connectivity index (χ2v) is 5.18. The van der Waals surface area contributed by atoms with E-state index in [1.165, 1.54) is 11.8 Å². The Morgan fingerprint density at radius 3 is 3.00 bits per heavy atom. The molecule has 0 fully saturated rings. The van der Waals surface area contributed by atoms with Gasteiger partial charge in [0.25, 0.3) is 0 Å². The number of thioether (sulfide) groups is 1. The smallest absolute Gasteiger partial charge is 0.234 e. The van der Waals surface area contributed by atoms with Gasteiger partial charge in [-0.05, 0) is 36.8 Å². The summed E-state index contributed by atoms with van der Waals surface area (Å²) in [5.41, 5.74) is 8.11. The van der Waals surface area contributed by atoms with Crippen molar-refractivity contribution < 1.29 is 9.21 Å². The highest BCUT2D eigenvalue weighted by Gasteiger charge is 2.06. The third-order valence-corrected chi connectivity index (χ3v) is 3.55. The number of furan rings is 1. The highest BCUT2D eigenvalue weighted by molar-refractivity contribution is 7.99. The molecule has 2 aromatic rings. The van der Waals surface area contributed by atoms with Gasteiger partial charge >= 0.3 is 0 Å². The van der Waals surface area contributed by atoms with Crippen LogP contribution in [0.2, 0.25) is 0 Å². The van der Waals surface area contributed by atoms with Gasteiger partial charge in [0, 0.05) is 11.4 Å². The standard InChI is InChI=1S/C14H16N2O2S/c1-10-4-5-11(15)7-13(10)16-14(17)9-19-8-12-3-2-6-18-12/h2-7H,8-9,15H2,1H3,(H,16,17). The van der Waals surface area contributed by atoms with Crippen LogP contribution in [0.5, 0.6) is 0 Å². The Bertz CT molecular complexity index is 553. The number of aryl methyl sites for hydroxylation is 1. The number of anilines is 2. The molecule has 0 unspecified atom stereocenters. The second-order valence-electron chi connectivity index (χ2n) is 4.19. The summed E-state index contributed by atoms with van der Waals surface area (Å²) < 4.78 is 5.20. The molecule has 4 nitrogen and oxygen atoms in total. The van der Waals surface area contributed by atoms with Crippen molar-refractivity contribution in [2.45, 2.75) is 12.7 Å². The zero-order valence-electron chi connectivity index (χ0n) is 10.7. The van der Waals surface area contributed by atoms with E-state index in [2.05, 4.69) is 5.32 Å². The van der Waals surface area contributed by atoms with Crippen LogP contribution >= 0.6 is 11.8 Å². The summed E-state index contributed by atoms with van der Waals surface area (Å²) in [5, 5.41) is 2.86. The van der Waals surface area contributed by atoms with Crippen molar-refractivity contribution in [3.63, 3.8) is 0 Å². The minimum Gasteiger partial charge on any atom is -0.468 e. The maximum Gasteiger partial charge on any atom is 0.234 e. The van der Waals surface area contributed by atoms with E-state index in [9.17, 15) is 4.79 Å². The molecule has 0 radical (unpaired) electrons. The lowest BCUT2D eigenvalue weighted by Crippen LogP contribution is -2.15. The van der Waals surface area contributed by atoms with Gasteiger partial charge in [0.1, 0.15) is 5.76 Å². The van der Waals surface area contributed by atoms with Crippen molar-refractivity contribution in [2.24, 2.45) is 0 Å². The van der Waals surface area contributed by atoms with Gasteiger partial charge in [-0.25, -0.2) is 0 Å².